The second-order valence-electron chi connectivity index (χ2n) is 7.57. The van der Waals surface area contributed by atoms with Crippen LogP contribution < -0.4 is 5.32 Å². The van der Waals surface area contributed by atoms with Gasteiger partial charge >= 0.3 is 0 Å². The van der Waals surface area contributed by atoms with Gasteiger partial charge in [0.05, 0.1) is 5.69 Å². The lowest BCUT2D eigenvalue weighted by atomic mass is 9.68. The van der Waals surface area contributed by atoms with Gasteiger partial charge in [-0.15, -0.1) is 0 Å². The van der Waals surface area contributed by atoms with E-state index in [0.29, 0.717) is 16.9 Å². The predicted molar refractivity (Wildman–Crippen MR) is 90.5 cm³/mol. The molecule has 0 heterocycles. The van der Waals surface area contributed by atoms with Crippen molar-refractivity contribution in [2.24, 2.45) is 16.7 Å². The topological polar surface area (TPSA) is 12.0 Å². The van der Waals surface area contributed by atoms with Gasteiger partial charge in [-0.3, -0.25) is 0 Å². The molecule has 0 radical (unpaired) electrons. The highest BCUT2D eigenvalue weighted by Gasteiger charge is 2.59. The van der Waals surface area contributed by atoms with Crippen LogP contribution in [0.4, 0.5) is 5.69 Å². The largest absolute Gasteiger partial charge is 0.380 e. The molecule has 2 aliphatic rings. The molecule has 3 heteroatoms. The Morgan fingerprint density at radius 1 is 1.30 bits per heavy atom. The highest BCUT2D eigenvalue weighted by Crippen LogP contribution is 2.63. The zero-order valence-corrected chi connectivity index (χ0v) is 15.0. The van der Waals surface area contributed by atoms with E-state index in [1.807, 2.05) is 6.92 Å². The molecule has 0 aliphatic heterocycles. The Hall–Kier alpha value is -0.210. The lowest BCUT2D eigenvalue weighted by molar-refractivity contribution is 0.155. The molecule has 2 fully saturated rings. The first-order valence-electron chi connectivity index (χ1n) is 7.46. The number of rotatable bonds is 2. The molecule has 20 heavy (non-hydrogen) atoms. The highest BCUT2D eigenvalue weighted by molar-refractivity contribution is 9.10. The second kappa shape index (κ2) is 4.64. The fraction of sp³-hybridized carbons (Fsp3) is 0.647. The summed E-state index contributed by atoms with van der Waals surface area (Å²) in [5.41, 5.74) is 3.02. The van der Waals surface area contributed by atoms with E-state index in [2.05, 4.69) is 54.2 Å². The van der Waals surface area contributed by atoms with Crippen LogP contribution in [-0.2, 0) is 0 Å². The van der Waals surface area contributed by atoms with Crippen molar-refractivity contribution < 1.29 is 0 Å². The first kappa shape index (κ1) is 14.7. The summed E-state index contributed by atoms with van der Waals surface area (Å²) in [6, 6.07) is 4.68. The second-order valence-corrected chi connectivity index (χ2v) is 8.84. The summed E-state index contributed by atoms with van der Waals surface area (Å²) in [6.07, 6.45) is 4.09. The fourth-order valence-corrected chi connectivity index (χ4v) is 5.31. The molecular formula is C17H23BrClN. The van der Waals surface area contributed by atoms with Crippen LogP contribution >= 0.6 is 27.5 Å². The van der Waals surface area contributed by atoms with Gasteiger partial charge in [0.15, 0.2) is 0 Å². The maximum Gasteiger partial charge on any atom is 0.0502 e. The third-order valence-electron chi connectivity index (χ3n) is 5.82. The van der Waals surface area contributed by atoms with Crippen LogP contribution in [0.25, 0.3) is 0 Å². The molecule has 0 spiro atoms. The molecule has 1 unspecified atom stereocenters. The summed E-state index contributed by atoms with van der Waals surface area (Å²) in [5, 5.41) is 4.64. The minimum atomic E-state index is 0.351. The third kappa shape index (κ3) is 2.11. The smallest absolute Gasteiger partial charge is 0.0502 e. The molecule has 0 saturated heterocycles. The third-order valence-corrected chi connectivity index (χ3v) is 6.88. The van der Waals surface area contributed by atoms with Crippen molar-refractivity contribution in [2.75, 3.05) is 5.32 Å². The lowest BCUT2D eigenvalue weighted by Gasteiger charge is -2.43. The van der Waals surface area contributed by atoms with Gasteiger partial charge in [-0.2, -0.15) is 0 Å². The van der Waals surface area contributed by atoms with Crippen LogP contribution in [0.1, 0.15) is 45.6 Å². The van der Waals surface area contributed by atoms with Crippen molar-refractivity contribution in [1.82, 2.24) is 0 Å². The number of aryl methyl sites for hydroxylation is 1. The Bertz CT molecular complexity index is 549. The van der Waals surface area contributed by atoms with Crippen molar-refractivity contribution in [3.05, 3.63) is 27.2 Å². The zero-order valence-electron chi connectivity index (χ0n) is 12.7. The number of fused-ring (bicyclic) bond motifs is 2. The summed E-state index contributed by atoms with van der Waals surface area (Å²) in [6.45, 7) is 9.33. The normalized spacial score (nSPS) is 34.5. The van der Waals surface area contributed by atoms with E-state index in [9.17, 15) is 0 Å². The molecule has 2 bridgehead atoms. The Morgan fingerprint density at radius 3 is 2.60 bits per heavy atom. The molecule has 0 amide bonds. The van der Waals surface area contributed by atoms with Crippen LogP contribution in [0.15, 0.2) is 16.6 Å². The van der Waals surface area contributed by atoms with E-state index in [0.717, 1.165) is 26.7 Å². The lowest BCUT2D eigenvalue weighted by Crippen LogP contribution is -2.45. The van der Waals surface area contributed by atoms with E-state index in [-0.39, 0.29) is 0 Å². The van der Waals surface area contributed by atoms with Gasteiger partial charge < -0.3 is 5.32 Å². The average molecular weight is 357 g/mol. The maximum atomic E-state index is 6.30. The van der Waals surface area contributed by atoms with Crippen LogP contribution in [0.5, 0.6) is 0 Å². The molecule has 2 saturated carbocycles. The molecular weight excluding hydrogens is 334 g/mol. The van der Waals surface area contributed by atoms with Gasteiger partial charge in [0, 0.05) is 15.5 Å². The van der Waals surface area contributed by atoms with Gasteiger partial charge in [-0.1, -0.05) is 32.4 Å². The van der Waals surface area contributed by atoms with Crippen molar-refractivity contribution >= 4 is 33.2 Å². The van der Waals surface area contributed by atoms with Gasteiger partial charge in [-0.25, -0.2) is 0 Å². The summed E-state index contributed by atoms with van der Waals surface area (Å²) in [5.74, 6) is 0.852. The molecule has 1 aromatic carbocycles. The summed E-state index contributed by atoms with van der Waals surface area (Å²) < 4.78 is 1.11. The number of anilines is 1. The average Bonchev–Trinajstić information content (AvgIpc) is 2.82. The van der Waals surface area contributed by atoms with Crippen LogP contribution in [0.2, 0.25) is 5.02 Å². The quantitative estimate of drug-likeness (QED) is 0.681. The number of benzene rings is 1. The SMILES string of the molecule is Cc1cc(Br)c(NC2C(C)(C)[C@H]3CC[C@]2(C)C3)cc1Cl. The standard InChI is InChI=1S/C17H23BrClN/c1-10-7-12(18)14(8-13(10)19)20-15-16(2,3)11-5-6-17(15,4)9-11/h7-8,11,15,20H,5-6,9H2,1-4H3/t11-,15?,17+/m0/s1. The monoisotopic (exact) mass is 355 g/mol. The Morgan fingerprint density at radius 2 is 2.00 bits per heavy atom. The zero-order chi connectivity index (χ0) is 14.7. The molecule has 110 valence electrons. The van der Waals surface area contributed by atoms with Gasteiger partial charge in [0.2, 0.25) is 0 Å². The van der Waals surface area contributed by atoms with Gasteiger partial charge in [0.25, 0.3) is 0 Å². The van der Waals surface area contributed by atoms with Crippen LogP contribution in [-0.4, -0.2) is 6.04 Å². The molecule has 3 atom stereocenters. The predicted octanol–water partition coefficient (Wildman–Crippen LogP) is 6.04. The van der Waals surface area contributed by atoms with E-state index in [1.54, 1.807) is 0 Å². The van der Waals surface area contributed by atoms with E-state index >= 15 is 0 Å². The summed E-state index contributed by atoms with van der Waals surface area (Å²) >= 11 is 9.97. The minimum absolute atomic E-state index is 0.351. The molecule has 3 rings (SSSR count). The molecule has 2 aliphatic carbocycles. The summed E-state index contributed by atoms with van der Waals surface area (Å²) in [4.78, 5) is 0. The minimum Gasteiger partial charge on any atom is -0.380 e. The Labute approximate surface area is 135 Å². The number of hydrogen-bond donors (Lipinski definition) is 1. The maximum absolute atomic E-state index is 6.30. The number of hydrogen-bond acceptors (Lipinski definition) is 1. The van der Waals surface area contributed by atoms with Gasteiger partial charge in [0.1, 0.15) is 0 Å². The van der Waals surface area contributed by atoms with E-state index < -0.39 is 0 Å². The van der Waals surface area contributed by atoms with E-state index in [1.165, 1.54) is 19.3 Å². The molecule has 1 aromatic rings. The van der Waals surface area contributed by atoms with Crippen molar-refractivity contribution in [2.45, 2.75) is 53.0 Å². The molecule has 0 aromatic heterocycles. The van der Waals surface area contributed by atoms with Crippen molar-refractivity contribution in [3.8, 4) is 0 Å². The fourth-order valence-electron chi connectivity index (χ4n) is 4.57. The first-order chi connectivity index (χ1) is 9.24. The Balaban J connectivity index is 1.93. The highest BCUT2D eigenvalue weighted by atomic mass is 79.9. The van der Waals surface area contributed by atoms with Crippen LogP contribution in [0, 0.1) is 23.7 Å². The molecule has 1 N–H and O–H groups in total. The number of halogens is 2. The Kier molecular flexibility index (Phi) is 3.42. The van der Waals surface area contributed by atoms with Crippen molar-refractivity contribution in [1.29, 1.82) is 0 Å². The first-order valence-corrected chi connectivity index (χ1v) is 8.63. The van der Waals surface area contributed by atoms with Gasteiger partial charge in [-0.05, 0) is 76.6 Å². The molecule has 1 nitrogen and oxygen atoms in total. The summed E-state index contributed by atoms with van der Waals surface area (Å²) in [7, 11) is 0. The van der Waals surface area contributed by atoms with Crippen LogP contribution in [0.3, 0.4) is 0 Å². The number of nitrogens with one attached hydrogen (secondary N) is 1. The van der Waals surface area contributed by atoms with Crippen molar-refractivity contribution in [3.63, 3.8) is 0 Å². The van der Waals surface area contributed by atoms with E-state index in [4.69, 9.17) is 11.6 Å².